The van der Waals surface area contributed by atoms with Crippen molar-refractivity contribution in [1.82, 2.24) is 9.97 Å². The summed E-state index contributed by atoms with van der Waals surface area (Å²) < 4.78 is 0. The van der Waals surface area contributed by atoms with E-state index in [4.69, 9.17) is 17.3 Å². The highest BCUT2D eigenvalue weighted by molar-refractivity contribution is 7.98. The number of nitrogen functional groups attached to an aromatic ring is 1. The highest BCUT2D eigenvalue weighted by Crippen LogP contribution is 2.26. The molecule has 0 radical (unpaired) electrons. The van der Waals surface area contributed by atoms with Crippen molar-refractivity contribution in [3.63, 3.8) is 0 Å². The van der Waals surface area contributed by atoms with Crippen LogP contribution in [0.3, 0.4) is 0 Å². The van der Waals surface area contributed by atoms with Gasteiger partial charge in [-0.15, -0.1) is 0 Å². The molecule has 106 valence electrons. The number of benzene rings is 2. The lowest BCUT2D eigenvalue weighted by Crippen LogP contribution is -1.99. The zero-order valence-electron chi connectivity index (χ0n) is 11.5. The monoisotopic (exact) mass is 315 g/mol. The molecule has 2 aromatic carbocycles. The van der Waals surface area contributed by atoms with Gasteiger partial charge < -0.3 is 5.73 Å². The smallest absolute Gasteiger partial charge is 0.191 e. The Kier molecular flexibility index (Phi) is 3.99. The number of halogens is 1. The molecule has 1 aromatic heterocycles. The summed E-state index contributed by atoms with van der Waals surface area (Å²) >= 11 is 7.57. The fraction of sp³-hybridized carbons (Fsp3) is 0.125. The SMILES string of the molecule is Cc1c(N)nc(SCc2ccc3ccccc3c2)nc1Cl. The van der Waals surface area contributed by atoms with Crippen LogP contribution >= 0.6 is 23.4 Å². The molecular formula is C16H14ClN3S. The molecule has 0 unspecified atom stereocenters. The Morgan fingerprint density at radius 1 is 1.10 bits per heavy atom. The topological polar surface area (TPSA) is 51.8 Å². The lowest BCUT2D eigenvalue weighted by molar-refractivity contribution is 0.960. The number of rotatable bonds is 3. The molecule has 0 aliphatic carbocycles. The summed E-state index contributed by atoms with van der Waals surface area (Å²) in [4.78, 5) is 8.50. The van der Waals surface area contributed by atoms with E-state index < -0.39 is 0 Å². The molecule has 1 heterocycles. The van der Waals surface area contributed by atoms with E-state index in [9.17, 15) is 0 Å². The molecule has 5 heteroatoms. The summed E-state index contributed by atoms with van der Waals surface area (Å²) in [6, 6.07) is 14.7. The molecule has 2 N–H and O–H groups in total. The van der Waals surface area contributed by atoms with Crippen molar-refractivity contribution in [3.8, 4) is 0 Å². The van der Waals surface area contributed by atoms with Gasteiger partial charge in [0, 0.05) is 11.3 Å². The molecule has 21 heavy (non-hydrogen) atoms. The van der Waals surface area contributed by atoms with Gasteiger partial charge in [0.05, 0.1) is 0 Å². The minimum atomic E-state index is 0.420. The summed E-state index contributed by atoms with van der Waals surface area (Å²) in [6.45, 7) is 1.81. The number of hydrogen-bond acceptors (Lipinski definition) is 4. The maximum atomic E-state index is 6.03. The van der Waals surface area contributed by atoms with Crippen molar-refractivity contribution in [3.05, 3.63) is 58.7 Å². The predicted molar refractivity (Wildman–Crippen MR) is 89.7 cm³/mol. The lowest BCUT2D eigenvalue weighted by Gasteiger charge is -2.06. The molecule has 3 nitrogen and oxygen atoms in total. The van der Waals surface area contributed by atoms with Crippen molar-refractivity contribution in [2.45, 2.75) is 17.8 Å². The zero-order chi connectivity index (χ0) is 14.8. The average Bonchev–Trinajstić information content (AvgIpc) is 2.50. The van der Waals surface area contributed by atoms with E-state index in [1.165, 1.54) is 28.1 Å². The normalized spacial score (nSPS) is 11.0. The number of thioether (sulfide) groups is 1. The second kappa shape index (κ2) is 5.92. The van der Waals surface area contributed by atoms with Gasteiger partial charge >= 0.3 is 0 Å². The number of nitrogens with zero attached hydrogens (tertiary/aromatic N) is 2. The maximum Gasteiger partial charge on any atom is 0.191 e. The van der Waals surface area contributed by atoms with E-state index in [0.29, 0.717) is 16.1 Å². The fourth-order valence-electron chi connectivity index (χ4n) is 2.03. The van der Waals surface area contributed by atoms with Crippen LogP contribution in [0.4, 0.5) is 5.82 Å². The molecule has 0 atom stereocenters. The summed E-state index contributed by atoms with van der Waals surface area (Å²) in [5.41, 5.74) is 7.76. The zero-order valence-corrected chi connectivity index (χ0v) is 13.1. The van der Waals surface area contributed by atoms with Gasteiger partial charge in [0.2, 0.25) is 0 Å². The third kappa shape index (κ3) is 3.12. The average molecular weight is 316 g/mol. The van der Waals surface area contributed by atoms with Crippen LogP contribution in [0, 0.1) is 6.92 Å². The second-order valence-electron chi connectivity index (χ2n) is 4.78. The van der Waals surface area contributed by atoms with Gasteiger partial charge in [-0.2, -0.15) is 0 Å². The largest absolute Gasteiger partial charge is 0.383 e. The molecule has 0 aliphatic heterocycles. The van der Waals surface area contributed by atoms with E-state index in [2.05, 4.69) is 40.3 Å². The molecule has 3 rings (SSSR count). The Labute approximate surface area is 132 Å². The van der Waals surface area contributed by atoms with E-state index in [1.54, 1.807) is 0 Å². The third-order valence-corrected chi connectivity index (χ3v) is 4.57. The van der Waals surface area contributed by atoms with Crippen molar-refractivity contribution < 1.29 is 0 Å². The molecule has 0 spiro atoms. The molecule has 0 bridgehead atoms. The number of fused-ring (bicyclic) bond motifs is 1. The van der Waals surface area contributed by atoms with Crippen molar-refractivity contribution in [2.75, 3.05) is 5.73 Å². The molecule has 3 aromatic rings. The van der Waals surface area contributed by atoms with Gasteiger partial charge in [-0.3, -0.25) is 0 Å². The van der Waals surface area contributed by atoms with E-state index in [-0.39, 0.29) is 0 Å². The van der Waals surface area contributed by atoms with Gasteiger partial charge in [0.25, 0.3) is 0 Å². The van der Waals surface area contributed by atoms with Crippen LogP contribution in [0.2, 0.25) is 5.15 Å². The van der Waals surface area contributed by atoms with Gasteiger partial charge in [-0.1, -0.05) is 65.8 Å². The van der Waals surface area contributed by atoms with Gasteiger partial charge in [-0.25, -0.2) is 9.97 Å². The highest BCUT2D eigenvalue weighted by Gasteiger charge is 2.07. The van der Waals surface area contributed by atoms with Crippen LogP contribution < -0.4 is 5.73 Å². The number of aromatic nitrogens is 2. The van der Waals surface area contributed by atoms with Crippen LogP contribution in [0.15, 0.2) is 47.6 Å². The van der Waals surface area contributed by atoms with Crippen molar-refractivity contribution >= 4 is 40.0 Å². The quantitative estimate of drug-likeness (QED) is 0.440. The van der Waals surface area contributed by atoms with E-state index >= 15 is 0 Å². The lowest BCUT2D eigenvalue weighted by atomic mass is 10.1. The minimum Gasteiger partial charge on any atom is -0.383 e. The first-order valence-electron chi connectivity index (χ1n) is 6.53. The Bertz CT molecular complexity index is 781. The first-order valence-corrected chi connectivity index (χ1v) is 7.90. The van der Waals surface area contributed by atoms with Crippen LogP contribution in [0.5, 0.6) is 0 Å². The van der Waals surface area contributed by atoms with Crippen LogP contribution in [0.1, 0.15) is 11.1 Å². The van der Waals surface area contributed by atoms with Crippen molar-refractivity contribution in [1.29, 1.82) is 0 Å². The van der Waals surface area contributed by atoms with E-state index in [0.717, 1.165) is 11.3 Å². The Morgan fingerprint density at radius 3 is 2.62 bits per heavy atom. The molecular weight excluding hydrogens is 302 g/mol. The first kappa shape index (κ1) is 14.2. The fourth-order valence-corrected chi connectivity index (χ4v) is 3.05. The van der Waals surface area contributed by atoms with Gasteiger partial charge in [0.15, 0.2) is 5.16 Å². The highest BCUT2D eigenvalue weighted by atomic mass is 35.5. The maximum absolute atomic E-state index is 6.03. The summed E-state index contributed by atoms with van der Waals surface area (Å²) in [5.74, 6) is 1.22. The number of hydrogen-bond donors (Lipinski definition) is 1. The molecule has 0 saturated carbocycles. The Hall–Kier alpha value is -1.78. The summed E-state index contributed by atoms with van der Waals surface area (Å²) in [5, 5.41) is 3.50. The third-order valence-electron chi connectivity index (χ3n) is 3.29. The van der Waals surface area contributed by atoms with E-state index in [1.807, 2.05) is 19.1 Å². The predicted octanol–water partition coefficient (Wildman–Crippen LogP) is 4.47. The Balaban J connectivity index is 1.80. The van der Waals surface area contributed by atoms with Crippen LogP contribution in [0.25, 0.3) is 10.8 Å². The number of anilines is 1. The van der Waals surface area contributed by atoms with Gasteiger partial charge in [0.1, 0.15) is 11.0 Å². The minimum absolute atomic E-state index is 0.420. The van der Waals surface area contributed by atoms with Gasteiger partial charge in [-0.05, 0) is 23.3 Å². The van der Waals surface area contributed by atoms with Crippen LogP contribution in [-0.4, -0.2) is 9.97 Å². The van der Waals surface area contributed by atoms with Crippen LogP contribution in [-0.2, 0) is 5.75 Å². The molecule has 0 amide bonds. The summed E-state index contributed by atoms with van der Waals surface area (Å²) in [7, 11) is 0. The number of nitrogens with two attached hydrogens (primary N) is 1. The standard InChI is InChI=1S/C16H14ClN3S/c1-10-14(17)19-16(20-15(10)18)21-9-11-6-7-12-4-2-3-5-13(12)8-11/h2-8H,9H2,1H3,(H2,18,19,20). The first-order chi connectivity index (χ1) is 10.1. The molecule has 0 aliphatic rings. The second-order valence-corrected chi connectivity index (χ2v) is 6.08. The molecule has 0 saturated heterocycles. The summed E-state index contributed by atoms with van der Waals surface area (Å²) in [6.07, 6.45) is 0. The Morgan fingerprint density at radius 2 is 1.86 bits per heavy atom. The van der Waals surface area contributed by atoms with Crippen molar-refractivity contribution in [2.24, 2.45) is 0 Å². The molecule has 0 fully saturated rings.